The highest BCUT2D eigenvalue weighted by atomic mass is 32.2. The first kappa shape index (κ1) is 42.6. The van der Waals surface area contributed by atoms with Crippen LogP contribution in [0.1, 0.15) is 93.6 Å². The van der Waals surface area contributed by atoms with Crippen LogP contribution >= 0.6 is 0 Å². The third-order valence-corrected chi connectivity index (χ3v) is 10.2. The van der Waals surface area contributed by atoms with Crippen LogP contribution in [0.2, 0.25) is 0 Å². The van der Waals surface area contributed by atoms with Crippen LogP contribution in [0, 0.1) is 17.8 Å². The first-order valence-electron chi connectivity index (χ1n) is 17.9. The maximum absolute atomic E-state index is 13.8. The van der Waals surface area contributed by atoms with Gasteiger partial charge in [0, 0.05) is 30.3 Å². The minimum atomic E-state index is -3.75. The van der Waals surface area contributed by atoms with E-state index in [1.165, 1.54) is 30.0 Å². The van der Waals surface area contributed by atoms with Crippen molar-refractivity contribution in [3.8, 4) is 0 Å². The van der Waals surface area contributed by atoms with Crippen LogP contribution in [0.4, 0.5) is 11.4 Å². The van der Waals surface area contributed by atoms with Gasteiger partial charge in [0.05, 0.1) is 41.5 Å². The van der Waals surface area contributed by atoms with E-state index in [9.17, 15) is 32.7 Å². The smallest absolute Gasteiger partial charge is 0.251 e. The Balaban J connectivity index is 1.80. The Morgan fingerprint density at radius 3 is 2.00 bits per heavy atom. The Kier molecular flexibility index (Phi) is 15.5. The zero-order valence-corrected chi connectivity index (χ0v) is 32.6. The van der Waals surface area contributed by atoms with Crippen LogP contribution in [0.3, 0.4) is 0 Å². The molecule has 2 aromatic carbocycles. The molecule has 0 spiro atoms. The molecule has 0 aliphatic heterocycles. The van der Waals surface area contributed by atoms with Crippen molar-refractivity contribution in [3.05, 3.63) is 89.7 Å². The van der Waals surface area contributed by atoms with E-state index in [0.717, 1.165) is 5.56 Å². The first-order valence-corrected chi connectivity index (χ1v) is 19.6. The highest BCUT2D eigenvalue weighted by Gasteiger charge is 2.32. The Bertz CT molecular complexity index is 1810. The van der Waals surface area contributed by atoms with E-state index in [1.807, 2.05) is 65.0 Å². The van der Waals surface area contributed by atoms with Crippen LogP contribution < -0.4 is 25.6 Å². The number of pyridine rings is 1. The molecule has 13 nitrogen and oxygen atoms in total. The number of aliphatic hydroxyl groups is 1. The molecular weight excluding hydrogens is 697 g/mol. The van der Waals surface area contributed by atoms with Crippen LogP contribution in [-0.4, -0.2) is 73.1 Å². The lowest BCUT2D eigenvalue weighted by Crippen LogP contribution is -2.52. The third-order valence-electron chi connectivity index (χ3n) is 8.90. The number of aliphatic hydroxyl groups excluding tert-OH is 1. The summed E-state index contributed by atoms with van der Waals surface area (Å²) in [6.07, 6.45) is 2.33. The Labute approximate surface area is 313 Å². The monoisotopic (exact) mass is 750 g/mol. The highest BCUT2D eigenvalue weighted by Crippen LogP contribution is 2.22. The summed E-state index contributed by atoms with van der Waals surface area (Å²) in [5.74, 6) is -3.06. The van der Waals surface area contributed by atoms with E-state index in [-0.39, 0.29) is 52.8 Å². The average Bonchev–Trinajstić information content (AvgIpc) is 3.12. The molecule has 0 aliphatic carbocycles. The molecule has 1 aromatic heterocycles. The fraction of sp³-hybridized carbons (Fsp3) is 0.462. The van der Waals surface area contributed by atoms with Gasteiger partial charge in [0.2, 0.25) is 21.8 Å². The topological polar surface area (TPSA) is 187 Å². The Morgan fingerprint density at radius 2 is 1.45 bits per heavy atom. The third kappa shape index (κ3) is 12.7. The number of likely N-dealkylation sites (N-methyl/N-ethyl adjacent to an activating group) is 1. The second-order valence-corrected chi connectivity index (χ2v) is 16.2. The summed E-state index contributed by atoms with van der Waals surface area (Å²) >= 11 is 0. The molecule has 0 saturated carbocycles. The molecule has 1 heterocycles. The number of hydrogen-bond acceptors (Lipinski definition) is 8. The minimum Gasteiger partial charge on any atom is -0.391 e. The van der Waals surface area contributed by atoms with Crippen LogP contribution in [0.15, 0.2) is 73.1 Å². The first-order chi connectivity index (χ1) is 24.9. The van der Waals surface area contributed by atoms with E-state index in [4.69, 9.17) is 0 Å². The predicted octanol–water partition coefficient (Wildman–Crippen LogP) is 4.67. The number of amides is 4. The fourth-order valence-corrected chi connectivity index (χ4v) is 6.33. The molecule has 3 rings (SSSR count). The molecule has 0 saturated heterocycles. The van der Waals surface area contributed by atoms with E-state index < -0.39 is 51.9 Å². The lowest BCUT2D eigenvalue weighted by molar-refractivity contribution is -0.131. The summed E-state index contributed by atoms with van der Waals surface area (Å²) in [5.41, 5.74) is 1.53. The minimum absolute atomic E-state index is 0.00147. The van der Waals surface area contributed by atoms with Crippen LogP contribution in [-0.2, 0) is 19.6 Å². The maximum Gasteiger partial charge on any atom is 0.251 e. The zero-order chi connectivity index (χ0) is 39.5. The largest absolute Gasteiger partial charge is 0.391 e. The number of benzene rings is 2. The number of nitrogens with one attached hydrogen (secondary N) is 4. The van der Waals surface area contributed by atoms with Gasteiger partial charge < -0.3 is 26.0 Å². The molecule has 5 unspecified atom stereocenters. The van der Waals surface area contributed by atoms with Gasteiger partial charge in [-0.25, -0.2) is 8.42 Å². The van der Waals surface area contributed by atoms with Gasteiger partial charge in [0.15, 0.2) is 0 Å². The number of rotatable bonds is 18. The van der Waals surface area contributed by atoms with Gasteiger partial charge in [0.25, 0.3) is 11.8 Å². The number of carbonyl (C=O) groups excluding carboxylic acids is 4. The van der Waals surface area contributed by atoms with E-state index in [0.29, 0.717) is 12.1 Å². The van der Waals surface area contributed by atoms with Crippen molar-refractivity contribution in [2.45, 2.75) is 85.5 Å². The second kappa shape index (κ2) is 19.3. The lowest BCUT2D eigenvalue weighted by atomic mass is 9.91. The van der Waals surface area contributed by atoms with Gasteiger partial charge in [0.1, 0.15) is 6.04 Å². The number of nitrogens with zero attached hydrogens (tertiary/aromatic N) is 2. The lowest BCUT2D eigenvalue weighted by Gasteiger charge is -2.30. The molecule has 0 radical (unpaired) electrons. The maximum atomic E-state index is 13.8. The van der Waals surface area contributed by atoms with Crippen molar-refractivity contribution in [2.24, 2.45) is 17.8 Å². The molecule has 5 atom stereocenters. The molecule has 53 heavy (non-hydrogen) atoms. The quantitative estimate of drug-likeness (QED) is 0.124. The van der Waals surface area contributed by atoms with E-state index >= 15 is 0 Å². The normalized spacial score (nSPS) is 14.4. The van der Waals surface area contributed by atoms with Crippen molar-refractivity contribution < 1.29 is 32.7 Å². The molecule has 0 bridgehead atoms. The number of carbonyl (C=O) groups is 4. The molecule has 5 N–H and O–H groups in total. The van der Waals surface area contributed by atoms with Gasteiger partial charge in [-0.1, -0.05) is 65.0 Å². The zero-order valence-electron chi connectivity index (χ0n) is 31.8. The number of hydrogen-bond donors (Lipinski definition) is 5. The highest BCUT2D eigenvalue weighted by molar-refractivity contribution is 7.92. The molecular formula is C39H54N6O7S. The Morgan fingerprint density at radius 1 is 0.830 bits per heavy atom. The summed E-state index contributed by atoms with van der Waals surface area (Å²) < 4.78 is 27.4. The van der Waals surface area contributed by atoms with Crippen molar-refractivity contribution in [2.75, 3.05) is 22.4 Å². The second-order valence-electron chi connectivity index (χ2n) is 14.2. The number of sulfonamides is 1. The van der Waals surface area contributed by atoms with Crippen molar-refractivity contribution >= 4 is 45.0 Å². The number of anilines is 2. The van der Waals surface area contributed by atoms with Gasteiger partial charge >= 0.3 is 0 Å². The van der Waals surface area contributed by atoms with Gasteiger partial charge in [-0.3, -0.25) is 28.9 Å². The Hall–Kier alpha value is -4.82. The summed E-state index contributed by atoms with van der Waals surface area (Å²) in [7, 11) is -2.14. The molecule has 288 valence electrons. The summed E-state index contributed by atoms with van der Waals surface area (Å²) in [6.45, 7) is 12.4. The molecule has 4 amide bonds. The molecule has 0 fully saturated rings. The molecule has 0 aliphatic rings. The van der Waals surface area contributed by atoms with Gasteiger partial charge in [-0.2, -0.15) is 0 Å². The predicted molar refractivity (Wildman–Crippen MR) is 207 cm³/mol. The van der Waals surface area contributed by atoms with Crippen LogP contribution in [0.25, 0.3) is 0 Å². The SMILES string of the molecule is CCS(=O)(=O)Nc1cc(C(=O)NC(C)c2ccccc2)cc(C(=O)NC(CC(C)C)C(O)CC(C)C(=O)NC(C(=O)N(C)c2cccnc2)C(C)C)c1. The standard InChI is InChI=1S/C39H54N6O7S/c1-9-53(51,52)44-31-21-29(37(48)41-27(7)28-14-11-10-12-15-28)20-30(22-31)38(49)42-33(18-24(2)3)34(46)19-26(6)36(47)43-35(25(4)5)39(50)45(8)32-16-13-17-40-23-32/h10-17,20-27,33-35,44,46H,9,18-19H2,1-8H3,(H,41,48)(H,42,49)(H,43,47). The summed E-state index contributed by atoms with van der Waals surface area (Å²) in [4.78, 5) is 59.5. The number of aromatic nitrogens is 1. The van der Waals surface area contributed by atoms with Crippen molar-refractivity contribution in [1.82, 2.24) is 20.9 Å². The summed E-state index contributed by atoms with van der Waals surface area (Å²) in [5, 5.41) is 20.0. The average molecular weight is 751 g/mol. The van der Waals surface area contributed by atoms with E-state index in [1.54, 1.807) is 38.5 Å². The van der Waals surface area contributed by atoms with Crippen molar-refractivity contribution in [1.29, 1.82) is 0 Å². The molecule has 14 heteroatoms. The van der Waals surface area contributed by atoms with Crippen LogP contribution in [0.5, 0.6) is 0 Å². The molecule has 3 aromatic rings. The summed E-state index contributed by atoms with van der Waals surface area (Å²) in [6, 6.07) is 14.8. The van der Waals surface area contributed by atoms with Gasteiger partial charge in [-0.15, -0.1) is 0 Å². The van der Waals surface area contributed by atoms with Gasteiger partial charge in [-0.05, 0) is 74.4 Å². The fourth-order valence-electron chi connectivity index (χ4n) is 5.71. The van der Waals surface area contributed by atoms with E-state index in [2.05, 4.69) is 25.7 Å². The van der Waals surface area contributed by atoms with Crippen molar-refractivity contribution in [3.63, 3.8) is 0 Å².